The van der Waals surface area contributed by atoms with E-state index in [2.05, 4.69) is 15.3 Å². The summed E-state index contributed by atoms with van der Waals surface area (Å²) in [7, 11) is 3.45. The van der Waals surface area contributed by atoms with Crippen molar-refractivity contribution in [3.8, 4) is 0 Å². The lowest BCUT2D eigenvalue weighted by Gasteiger charge is -2.22. The standard InChI is InChI=1S/C10H18N4O2/c1-11-9-7-10(13-8-12-9)14(3-5-15)4-6-16-2/h7-8,15H,3-6H2,1-2H3,(H,11,12,13). The molecule has 1 aromatic rings. The first-order valence-electron chi connectivity index (χ1n) is 5.16. The highest BCUT2D eigenvalue weighted by Crippen LogP contribution is 2.12. The molecule has 0 bridgehead atoms. The molecule has 0 atom stereocenters. The van der Waals surface area contributed by atoms with E-state index in [1.807, 2.05) is 11.0 Å². The SMILES string of the molecule is CNc1cc(N(CCO)CCOC)ncn1. The van der Waals surface area contributed by atoms with Crippen molar-refractivity contribution >= 4 is 11.6 Å². The number of hydrogen-bond acceptors (Lipinski definition) is 6. The largest absolute Gasteiger partial charge is 0.395 e. The first kappa shape index (κ1) is 12.7. The zero-order chi connectivity index (χ0) is 11.8. The smallest absolute Gasteiger partial charge is 0.134 e. The Labute approximate surface area is 95.3 Å². The summed E-state index contributed by atoms with van der Waals surface area (Å²) >= 11 is 0. The molecule has 2 N–H and O–H groups in total. The van der Waals surface area contributed by atoms with Crippen molar-refractivity contribution in [2.24, 2.45) is 0 Å². The number of anilines is 2. The van der Waals surface area contributed by atoms with Gasteiger partial charge in [0.05, 0.1) is 13.2 Å². The minimum atomic E-state index is 0.0859. The average Bonchev–Trinajstić information content (AvgIpc) is 2.34. The number of aliphatic hydroxyl groups is 1. The monoisotopic (exact) mass is 226 g/mol. The number of ether oxygens (including phenoxy) is 1. The topological polar surface area (TPSA) is 70.5 Å². The van der Waals surface area contributed by atoms with Crippen LogP contribution >= 0.6 is 0 Å². The number of aliphatic hydroxyl groups excluding tert-OH is 1. The van der Waals surface area contributed by atoms with Crippen LogP contribution in [0.3, 0.4) is 0 Å². The van der Waals surface area contributed by atoms with E-state index >= 15 is 0 Å². The second kappa shape index (κ2) is 6.97. The van der Waals surface area contributed by atoms with Crippen molar-refractivity contribution in [2.45, 2.75) is 0 Å². The second-order valence-electron chi connectivity index (χ2n) is 3.21. The predicted molar refractivity (Wildman–Crippen MR) is 62.8 cm³/mol. The van der Waals surface area contributed by atoms with Crippen LogP contribution in [-0.2, 0) is 4.74 Å². The minimum absolute atomic E-state index is 0.0859. The van der Waals surface area contributed by atoms with Crippen molar-refractivity contribution in [2.75, 3.05) is 50.7 Å². The Bertz CT molecular complexity index is 309. The molecule has 90 valence electrons. The van der Waals surface area contributed by atoms with Crippen LogP contribution in [0.2, 0.25) is 0 Å². The summed E-state index contributed by atoms with van der Waals surface area (Å²) in [5.74, 6) is 1.54. The molecular formula is C10H18N4O2. The maximum absolute atomic E-state index is 8.98. The fourth-order valence-electron chi connectivity index (χ4n) is 1.32. The van der Waals surface area contributed by atoms with E-state index in [-0.39, 0.29) is 6.61 Å². The normalized spacial score (nSPS) is 10.2. The molecule has 0 aromatic carbocycles. The third-order valence-electron chi connectivity index (χ3n) is 2.17. The van der Waals surface area contributed by atoms with Crippen LogP contribution in [0.5, 0.6) is 0 Å². The van der Waals surface area contributed by atoms with E-state index in [9.17, 15) is 0 Å². The third kappa shape index (κ3) is 3.63. The molecule has 0 radical (unpaired) electrons. The van der Waals surface area contributed by atoms with E-state index in [0.29, 0.717) is 19.7 Å². The van der Waals surface area contributed by atoms with Crippen molar-refractivity contribution in [3.05, 3.63) is 12.4 Å². The van der Waals surface area contributed by atoms with Gasteiger partial charge < -0.3 is 20.1 Å². The summed E-state index contributed by atoms with van der Waals surface area (Å²) in [5.41, 5.74) is 0. The Morgan fingerprint density at radius 1 is 1.44 bits per heavy atom. The van der Waals surface area contributed by atoms with E-state index in [0.717, 1.165) is 11.6 Å². The van der Waals surface area contributed by atoms with Gasteiger partial charge in [0.2, 0.25) is 0 Å². The van der Waals surface area contributed by atoms with Crippen LogP contribution in [0, 0.1) is 0 Å². The molecule has 1 heterocycles. The van der Waals surface area contributed by atoms with Gasteiger partial charge in [0.15, 0.2) is 0 Å². The Morgan fingerprint density at radius 3 is 2.88 bits per heavy atom. The number of aromatic nitrogens is 2. The Morgan fingerprint density at radius 2 is 2.25 bits per heavy atom. The fourth-order valence-corrected chi connectivity index (χ4v) is 1.32. The summed E-state index contributed by atoms with van der Waals surface area (Å²) < 4.78 is 5.01. The first-order chi connectivity index (χ1) is 7.81. The molecule has 0 spiro atoms. The summed E-state index contributed by atoms with van der Waals surface area (Å²) in [4.78, 5) is 10.2. The molecular weight excluding hydrogens is 208 g/mol. The number of methoxy groups -OCH3 is 1. The zero-order valence-corrected chi connectivity index (χ0v) is 9.68. The lowest BCUT2D eigenvalue weighted by molar-refractivity contribution is 0.202. The number of rotatable bonds is 7. The van der Waals surface area contributed by atoms with Gasteiger partial charge in [-0.15, -0.1) is 0 Å². The van der Waals surface area contributed by atoms with Crippen molar-refractivity contribution in [3.63, 3.8) is 0 Å². The summed E-state index contributed by atoms with van der Waals surface area (Å²) in [6.07, 6.45) is 1.50. The lowest BCUT2D eigenvalue weighted by Crippen LogP contribution is -2.31. The maximum Gasteiger partial charge on any atom is 0.134 e. The van der Waals surface area contributed by atoms with Gasteiger partial charge in [0.25, 0.3) is 0 Å². The van der Waals surface area contributed by atoms with Gasteiger partial charge in [-0.05, 0) is 0 Å². The highest BCUT2D eigenvalue weighted by Gasteiger charge is 2.07. The van der Waals surface area contributed by atoms with E-state index in [1.54, 1.807) is 14.2 Å². The quantitative estimate of drug-likeness (QED) is 0.680. The summed E-state index contributed by atoms with van der Waals surface area (Å²) in [6.45, 7) is 1.91. The van der Waals surface area contributed by atoms with Crippen LogP contribution in [0.1, 0.15) is 0 Å². The molecule has 0 aliphatic carbocycles. The van der Waals surface area contributed by atoms with Gasteiger partial charge in [-0.2, -0.15) is 0 Å². The van der Waals surface area contributed by atoms with E-state index in [4.69, 9.17) is 9.84 Å². The number of nitrogens with zero attached hydrogens (tertiary/aromatic N) is 3. The fraction of sp³-hybridized carbons (Fsp3) is 0.600. The van der Waals surface area contributed by atoms with Gasteiger partial charge in [-0.3, -0.25) is 0 Å². The first-order valence-corrected chi connectivity index (χ1v) is 5.16. The van der Waals surface area contributed by atoms with Gasteiger partial charge in [-0.25, -0.2) is 9.97 Å². The molecule has 6 heteroatoms. The molecule has 1 rings (SSSR count). The highest BCUT2D eigenvalue weighted by molar-refractivity contribution is 5.48. The molecule has 0 fully saturated rings. The number of nitrogens with one attached hydrogen (secondary N) is 1. The second-order valence-corrected chi connectivity index (χ2v) is 3.21. The van der Waals surface area contributed by atoms with E-state index in [1.165, 1.54) is 6.33 Å². The van der Waals surface area contributed by atoms with Crippen LogP contribution < -0.4 is 10.2 Å². The molecule has 0 aliphatic rings. The number of hydrogen-bond donors (Lipinski definition) is 2. The van der Waals surface area contributed by atoms with Crippen molar-refractivity contribution in [1.29, 1.82) is 0 Å². The molecule has 0 unspecified atom stereocenters. The Hall–Kier alpha value is -1.40. The van der Waals surface area contributed by atoms with Crippen molar-refractivity contribution in [1.82, 2.24) is 9.97 Å². The molecule has 1 aromatic heterocycles. The van der Waals surface area contributed by atoms with Crippen LogP contribution in [0.15, 0.2) is 12.4 Å². The van der Waals surface area contributed by atoms with Crippen molar-refractivity contribution < 1.29 is 9.84 Å². The van der Waals surface area contributed by atoms with Gasteiger partial charge >= 0.3 is 0 Å². The van der Waals surface area contributed by atoms with E-state index < -0.39 is 0 Å². The van der Waals surface area contributed by atoms with Crippen LogP contribution in [0.25, 0.3) is 0 Å². The maximum atomic E-state index is 8.98. The summed E-state index contributed by atoms with van der Waals surface area (Å²) in [6, 6.07) is 1.84. The third-order valence-corrected chi connectivity index (χ3v) is 2.17. The van der Waals surface area contributed by atoms with Crippen LogP contribution in [-0.4, -0.2) is 55.5 Å². The zero-order valence-electron chi connectivity index (χ0n) is 9.68. The van der Waals surface area contributed by atoms with Crippen LogP contribution in [0.4, 0.5) is 11.6 Å². The minimum Gasteiger partial charge on any atom is -0.395 e. The molecule has 0 aliphatic heterocycles. The average molecular weight is 226 g/mol. The summed E-state index contributed by atoms with van der Waals surface area (Å²) in [5, 5.41) is 11.9. The van der Waals surface area contributed by atoms with Gasteiger partial charge in [0, 0.05) is 33.3 Å². The van der Waals surface area contributed by atoms with Gasteiger partial charge in [0.1, 0.15) is 18.0 Å². The molecule has 0 saturated carbocycles. The predicted octanol–water partition coefficient (Wildman–Crippen LogP) is -0.0366. The molecule has 16 heavy (non-hydrogen) atoms. The lowest BCUT2D eigenvalue weighted by atomic mass is 10.4. The molecule has 0 amide bonds. The van der Waals surface area contributed by atoms with Gasteiger partial charge in [-0.1, -0.05) is 0 Å². The molecule has 6 nitrogen and oxygen atoms in total. The Kier molecular flexibility index (Phi) is 5.52. The highest BCUT2D eigenvalue weighted by atomic mass is 16.5. The molecule has 0 saturated heterocycles. The Balaban J connectivity index is 2.73.